The van der Waals surface area contributed by atoms with Crippen LogP contribution in [0.3, 0.4) is 0 Å². The van der Waals surface area contributed by atoms with Gasteiger partial charge in [-0.05, 0) is 53.9 Å². The zero-order valence-electron chi connectivity index (χ0n) is 20.4. The van der Waals surface area contributed by atoms with E-state index in [1.165, 1.54) is 0 Å². The first-order valence-electron chi connectivity index (χ1n) is 12.4. The maximum absolute atomic E-state index is 13.5. The fourth-order valence-corrected chi connectivity index (χ4v) is 4.39. The van der Waals surface area contributed by atoms with Crippen LogP contribution >= 0.6 is 0 Å². The Morgan fingerprint density at radius 1 is 0.972 bits per heavy atom. The van der Waals surface area contributed by atoms with Gasteiger partial charge in [-0.2, -0.15) is 4.57 Å². The van der Waals surface area contributed by atoms with E-state index in [0.29, 0.717) is 19.4 Å². The molecule has 2 heterocycles. The van der Waals surface area contributed by atoms with E-state index in [-0.39, 0.29) is 11.7 Å². The number of nitrogens with one attached hydrogen (secondary N) is 1. The Kier molecular flexibility index (Phi) is 6.94. The lowest BCUT2D eigenvalue weighted by Gasteiger charge is -2.09. The van der Waals surface area contributed by atoms with Crippen LogP contribution in [0.25, 0.3) is 11.3 Å². The van der Waals surface area contributed by atoms with Crippen molar-refractivity contribution in [3.8, 4) is 22.8 Å². The number of aromatic hydroxyl groups is 1. The summed E-state index contributed by atoms with van der Waals surface area (Å²) >= 11 is 0. The average molecular weight is 481 g/mol. The van der Waals surface area contributed by atoms with Gasteiger partial charge >= 0.3 is 11.7 Å². The lowest BCUT2D eigenvalue weighted by atomic mass is 10.1. The Balaban J connectivity index is 1.46. The molecule has 5 rings (SSSR count). The molecule has 0 bridgehead atoms. The molecule has 182 valence electrons. The summed E-state index contributed by atoms with van der Waals surface area (Å²) in [6.45, 7) is 2.84. The summed E-state index contributed by atoms with van der Waals surface area (Å²) in [6.07, 6.45) is 5.06. The van der Waals surface area contributed by atoms with Crippen molar-refractivity contribution >= 4 is 11.7 Å². The van der Waals surface area contributed by atoms with Crippen LogP contribution in [-0.2, 0) is 12.8 Å². The minimum atomic E-state index is -0.407. The minimum Gasteiger partial charge on any atom is -0.508 e. The van der Waals surface area contributed by atoms with Crippen molar-refractivity contribution in [3.05, 3.63) is 102 Å². The largest absolute Gasteiger partial charge is 0.508 e. The molecule has 36 heavy (non-hydrogen) atoms. The number of hydrogen-bond acceptors (Lipinski definition) is 5. The summed E-state index contributed by atoms with van der Waals surface area (Å²) in [5.41, 5.74) is 4.59. The molecule has 1 aliphatic rings. The highest BCUT2D eigenvalue weighted by Crippen LogP contribution is 2.26. The maximum Gasteiger partial charge on any atom is 0.359 e. The zero-order chi connectivity index (χ0) is 24.9. The number of phenolic OH excluding ortho intramolecular Hbond substituents is 1. The summed E-state index contributed by atoms with van der Waals surface area (Å²) in [6, 6.07) is 24.6. The van der Waals surface area contributed by atoms with Crippen molar-refractivity contribution in [1.29, 1.82) is 0 Å². The van der Waals surface area contributed by atoms with E-state index < -0.39 is 6.04 Å². The van der Waals surface area contributed by atoms with Crippen LogP contribution in [0.4, 0.5) is 5.82 Å². The van der Waals surface area contributed by atoms with Gasteiger partial charge in [0.05, 0.1) is 6.61 Å². The van der Waals surface area contributed by atoms with Crippen LogP contribution in [0.15, 0.2) is 85.1 Å². The summed E-state index contributed by atoms with van der Waals surface area (Å²) < 4.78 is 7.51. The summed E-state index contributed by atoms with van der Waals surface area (Å²) in [7, 11) is 0. The Hall–Kier alpha value is -4.19. The molecule has 0 saturated heterocycles. The second-order valence-electron chi connectivity index (χ2n) is 9.09. The number of fused-ring (bicyclic) bond motifs is 1. The highest BCUT2D eigenvalue weighted by atomic mass is 16.5. The van der Waals surface area contributed by atoms with Crippen LogP contribution in [-0.4, -0.2) is 28.6 Å². The molecular formula is C30H30N3O3+. The van der Waals surface area contributed by atoms with Gasteiger partial charge in [-0.3, -0.25) is 5.32 Å². The van der Waals surface area contributed by atoms with E-state index in [2.05, 4.69) is 24.4 Å². The highest BCUT2D eigenvalue weighted by molar-refractivity contribution is 5.82. The van der Waals surface area contributed by atoms with Gasteiger partial charge in [0.25, 0.3) is 0 Å². The number of ether oxygens (including phenoxy) is 1. The average Bonchev–Trinajstić information content (AvgIpc) is 3.22. The van der Waals surface area contributed by atoms with Crippen LogP contribution in [0.2, 0.25) is 0 Å². The Morgan fingerprint density at radius 3 is 2.44 bits per heavy atom. The first-order valence-corrected chi connectivity index (χ1v) is 12.4. The highest BCUT2D eigenvalue weighted by Gasteiger charge is 2.41. The summed E-state index contributed by atoms with van der Waals surface area (Å²) in [4.78, 5) is 18.5. The van der Waals surface area contributed by atoms with Crippen molar-refractivity contribution in [2.24, 2.45) is 0 Å². The predicted octanol–water partition coefficient (Wildman–Crippen LogP) is 5.19. The standard InChI is InChI=1S/C30H29N3O3/c1-2-3-17-36-25-15-11-23(12-16-25)28-20-33-29(26(31-28)18-21-7-5-4-6-8-21)32-27(30(33)35)19-22-9-13-24(34)14-10-22/h4-16,20,27,34H,2-3,17-19H2,1H3/p+1. The maximum atomic E-state index is 13.5. The van der Waals surface area contributed by atoms with Crippen LogP contribution in [0, 0.1) is 0 Å². The topological polar surface area (TPSA) is 75.3 Å². The van der Waals surface area contributed by atoms with Gasteiger partial charge in [0, 0.05) is 18.4 Å². The zero-order valence-corrected chi connectivity index (χ0v) is 20.4. The quantitative estimate of drug-likeness (QED) is 0.255. The molecule has 0 amide bonds. The number of hydrogen-bond donors (Lipinski definition) is 2. The molecule has 2 N–H and O–H groups in total. The van der Waals surface area contributed by atoms with Gasteiger partial charge in [0.2, 0.25) is 0 Å². The molecule has 1 aliphatic heterocycles. The van der Waals surface area contributed by atoms with Gasteiger partial charge in [0.1, 0.15) is 29.1 Å². The third kappa shape index (κ3) is 5.23. The number of aromatic nitrogens is 2. The van der Waals surface area contributed by atoms with Crippen molar-refractivity contribution in [1.82, 2.24) is 4.98 Å². The number of phenols is 1. The number of rotatable bonds is 9. The van der Waals surface area contributed by atoms with Crippen molar-refractivity contribution < 1.29 is 19.2 Å². The second kappa shape index (κ2) is 10.6. The monoisotopic (exact) mass is 480 g/mol. The normalized spacial score (nSPS) is 14.4. The summed E-state index contributed by atoms with van der Waals surface area (Å²) in [5.74, 6) is 1.76. The van der Waals surface area contributed by atoms with Crippen molar-refractivity contribution in [2.75, 3.05) is 11.9 Å². The van der Waals surface area contributed by atoms with E-state index >= 15 is 0 Å². The Bertz CT molecular complexity index is 1340. The van der Waals surface area contributed by atoms with E-state index in [1.54, 1.807) is 16.7 Å². The first kappa shape index (κ1) is 23.5. The lowest BCUT2D eigenvalue weighted by molar-refractivity contribution is -0.552. The van der Waals surface area contributed by atoms with Gasteiger partial charge in [0.15, 0.2) is 6.04 Å². The molecule has 1 aromatic heterocycles. The van der Waals surface area contributed by atoms with Gasteiger partial charge in [-0.15, -0.1) is 0 Å². The molecule has 6 nitrogen and oxygen atoms in total. The molecule has 3 aromatic carbocycles. The molecule has 1 atom stereocenters. The number of carbonyl (C=O) groups is 1. The van der Waals surface area contributed by atoms with Crippen LogP contribution in [0.1, 0.15) is 41.4 Å². The van der Waals surface area contributed by atoms with E-state index in [0.717, 1.165) is 52.5 Å². The molecule has 1 unspecified atom stereocenters. The minimum absolute atomic E-state index is 0.0180. The fourth-order valence-electron chi connectivity index (χ4n) is 4.39. The molecular weight excluding hydrogens is 450 g/mol. The lowest BCUT2D eigenvalue weighted by Crippen LogP contribution is -2.44. The van der Waals surface area contributed by atoms with Crippen LogP contribution in [0.5, 0.6) is 11.5 Å². The third-order valence-corrected chi connectivity index (χ3v) is 6.37. The smallest absolute Gasteiger partial charge is 0.359 e. The van der Waals surface area contributed by atoms with E-state index in [4.69, 9.17) is 9.72 Å². The second-order valence-corrected chi connectivity index (χ2v) is 9.09. The summed E-state index contributed by atoms with van der Waals surface area (Å²) in [5, 5.41) is 13.0. The number of nitrogens with zero attached hydrogens (tertiary/aromatic N) is 2. The van der Waals surface area contributed by atoms with Gasteiger partial charge in [-0.25, -0.2) is 9.78 Å². The van der Waals surface area contributed by atoms with Crippen molar-refractivity contribution in [3.63, 3.8) is 0 Å². The number of unbranched alkanes of at least 4 members (excludes halogenated alkanes) is 1. The fraction of sp³-hybridized carbons (Fsp3) is 0.233. The third-order valence-electron chi connectivity index (χ3n) is 6.37. The predicted molar refractivity (Wildman–Crippen MR) is 139 cm³/mol. The molecule has 6 heteroatoms. The van der Waals surface area contributed by atoms with Gasteiger partial charge < -0.3 is 9.84 Å². The molecule has 0 aliphatic carbocycles. The molecule has 0 radical (unpaired) electrons. The SMILES string of the molecule is CCCCOc1ccc(-c2c[n+]3c(c(Cc4ccccc4)n2)NC(Cc2ccc(O)cc2)C3=O)cc1. The molecule has 0 spiro atoms. The molecule has 0 saturated carbocycles. The Morgan fingerprint density at radius 2 is 1.72 bits per heavy atom. The Labute approximate surface area is 211 Å². The number of carbonyl (C=O) groups excluding carboxylic acids is 1. The molecule has 4 aromatic rings. The van der Waals surface area contributed by atoms with Crippen molar-refractivity contribution in [2.45, 2.75) is 38.6 Å². The van der Waals surface area contributed by atoms with Gasteiger partial charge in [-0.1, -0.05) is 55.8 Å². The number of anilines is 1. The van der Waals surface area contributed by atoms with E-state index in [1.807, 2.05) is 60.8 Å². The first-order chi connectivity index (χ1) is 17.6. The van der Waals surface area contributed by atoms with Crippen LogP contribution < -0.4 is 14.6 Å². The number of benzene rings is 3. The van der Waals surface area contributed by atoms with E-state index in [9.17, 15) is 9.90 Å². The molecule has 0 fully saturated rings.